The Bertz CT molecular complexity index is 445. The molecule has 1 aromatic heterocycles. The van der Waals surface area contributed by atoms with Crippen molar-refractivity contribution in [1.29, 1.82) is 0 Å². The highest BCUT2D eigenvalue weighted by Crippen LogP contribution is 2.30. The molecule has 3 N–H and O–H groups in total. The van der Waals surface area contributed by atoms with Crippen LogP contribution in [0.25, 0.3) is 0 Å². The van der Waals surface area contributed by atoms with Gasteiger partial charge in [-0.2, -0.15) is 0 Å². The lowest BCUT2D eigenvalue weighted by atomic mass is 9.98. The Balaban J connectivity index is 1.95. The summed E-state index contributed by atoms with van der Waals surface area (Å²) in [4.78, 5) is 16.1. The predicted molar refractivity (Wildman–Crippen MR) is 72.2 cm³/mol. The second-order valence-corrected chi connectivity index (χ2v) is 5.29. The molecule has 2 atom stereocenters. The minimum atomic E-state index is -0.112. The largest absolute Gasteiger partial charge is 0.398 e. The highest BCUT2D eigenvalue weighted by molar-refractivity contribution is 5.98. The van der Waals surface area contributed by atoms with Crippen LogP contribution in [0.15, 0.2) is 12.3 Å². The summed E-state index contributed by atoms with van der Waals surface area (Å²) < 4.78 is 0. The number of nitrogens with one attached hydrogen (secondary N) is 1. The van der Waals surface area contributed by atoms with Gasteiger partial charge in [0.2, 0.25) is 0 Å². The van der Waals surface area contributed by atoms with Crippen LogP contribution >= 0.6 is 0 Å². The molecule has 2 rings (SSSR count). The molecule has 1 aliphatic rings. The summed E-state index contributed by atoms with van der Waals surface area (Å²) in [5, 5.41) is 2.97. The van der Waals surface area contributed by atoms with Gasteiger partial charge >= 0.3 is 0 Å². The van der Waals surface area contributed by atoms with Gasteiger partial charge in [0.15, 0.2) is 0 Å². The molecule has 1 heterocycles. The van der Waals surface area contributed by atoms with Gasteiger partial charge < -0.3 is 11.1 Å². The lowest BCUT2D eigenvalue weighted by Gasteiger charge is -2.16. The van der Waals surface area contributed by atoms with Crippen LogP contribution in [0.4, 0.5) is 5.69 Å². The van der Waals surface area contributed by atoms with Crippen molar-refractivity contribution in [3.63, 3.8) is 0 Å². The number of carbonyl (C=O) groups is 1. The number of anilines is 1. The topological polar surface area (TPSA) is 68.0 Å². The number of nitrogen functional groups attached to an aromatic ring is 1. The number of aromatic nitrogens is 1. The number of hydrogen-bond acceptors (Lipinski definition) is 3. The Morgan fingerprint density at radius 2 is 2.33 bits per heavy atom. The molecule has 4 nitrogen and oxygen atoms in total. The van der Waals surface area contributed by atoms with E-state index in [1.165, 1.54) is 19.3 Å². The molecule has 0 radical (unpaired) electrons. The average molecular weight is 247 g/mol. The molecule has 0 aromatic carbocycles. The van der Waals surface area contributed by atoms with Crippen molar-refractivity contribution in [2.45, 2.75) is 33.1 Å². The summed E-state index contributed by atoms with van der Waals surface area (Å²) in [6.45, 7) is 4.86. The van der Waals surface area contributed by atoms with E-state index >= 15 is 0 Å². The molecular weight excluding hydrogens is 226 g/mol. The van der Waals surface area contributed by atoms with Gasteiger partial charge in [-0.25, -0.2) is 0 Å². The molecule has 0 bridgehead atoms. The molecule has 18 heavy (non-hydrogen) atoms. The fourth-order valence-corrected chi connectivity index (χ4v) is 2.62. The Morgan fingerprint density at radius 1 is 1.56 bits per heavy atom. The van der Waals surface area contributed by atoms with Crippen LogP contribution in [-0.4, -0.2) is 17.4 Å². The second kappa shape index (κ2) is 5.38. The zero-order chi connectivity index (χ0) is 13.1. The third-order valence-electron chi connectivity index (χ3n) is 3.88. The SMILES string of the molecule is Cc1cc(N)c(C(=O)NCC2CCCC2C)cn1. The number of amides is 1. The van der Waals surface area contributed by atoms with Gasteiger partial charge in [0.25, 0.3) is 5.91 Å². The zero-order valence-electron chi connectivity index (χ0n) is 11.1. The Labute approximate surface area is 108 Å². The minimum Gasteiger partial charge on any atom is -0.398 e. The third-order valence-corrected chi connectivity index (χ3v) is 3.88. The van der Waals surface area contributed by atoms with Gasteiger partial charge in [-0.05, 0) is 31.2 Å². The van der Waals surface area contributed by atoms with E-state index < -0.39 is 0 Å². The first kappa shape index (κ1) is 12.9. The Morgan fingerprint density at radius 3 is 2.94 bits per heavy atom. The van der Waals surface area contributed by atoms with Gasteiger partial charge in [0, 0.05) is 24.1 Å². The first-order chi connectivity index (χ1) is 8.58. The molecular formula is C14H21N3O. The fraction of sp³-hybridized carbons (Fsp3) is 0.571. The van der Waals surface area contributed by atoms with Crippen LogP contribution in [-0.2, 0) is 0 Å². The van der Waals surface area contributed by atoms with E-state index in [0.717, 1.165) is 12.2 Å². The van der Waals surface area contributed by atoms with Crippen molar-refractivity contribution in [2.24, 2.45) is 11.8 Å². The van der Waals surface area contributed by atoms with E-state index in [2.05, 4.69) is 17.2 Å². The van der Waals surface area contributed by atoms with E-state index in [0.29, 0.717) is 23.1 Å². The monoisotopic (exact) mass is 247 g/mol. The zero-order valence-corrected chi connectivity index (χ0v) is 11.1. The molecule has 1 aromatic rings. The molecule has 0 aliphatic heterocycles. The van der Waals surface area contributed by atoms with Crippen molar-refractivity contribution in [1.82, 2.24) is 10.3 Å². The van der Waals surface area contributed by atoms with Crippen molar-refractivity contribution in [3.05, 3.63) is 23.5 Å². The molecule has 1 aliphatic carbocycles. The Kier molecular flexibility index (Phi) is 3.84. The van der Waals surface area contributed by atoms with Gasteiger partial charge in [0.1, 0.15) is 0 Å². The lowest BCUT2D eigenvalue weighted by molar-refractivity contribution is 0.0945. The summed E-state index contributed by atoms with van der Waals surface area (Å²) in [5.41, 5.74) is 7.64. The Hall–Kier alpha value is -1.58. The van der Waals surface area contributed by atoms with Crippen LogP contribution < -0.4 is 11.1 Å². The highest BCUT2D eigenvalue weighted by atomic mass is 16.1. The van der Waals surface area contributed by atoms with Crippen LogP contribution in [0.3, 0.4) is 0 Å². The van der Waals surface area contributed by atoms with E-state index in [1.54, 1.807) is 12.3 Å². The number of aryl methyl sites for hydroxylation is 1. The van der Waals surface area contributed by atoms with Crippen LogP contribution in [0, 0.1) is 18.8 Å². The van der Waals surface area contributed by atoms with Gasteiger partial charge in [-0.3, -0.25) is 9.78 Å². The average Bonchev–Trinajstić information content (AvgIpc) is 2.72. The maximum absolute atomic E-state index is 12.0. The van der Waals surface area contributed by atoms with Gasteiger partial charge in [-0.15, -0.1) is 0 Å². The van der Waals surface area contributed by atoms with Gasteiger partial charge in [-0.1, -0.05) is 19.8 Å². The molecule has 1 amide bonds. The van der Waals surface area contributed by atoms with Crippen molar-refractivity contribution >= 4 is 11.6 Å². The maximum Gasteiger partial charge on any atom is 0.254 e. The number of hydrogen-bond donors (Lipinski definition) is 2. The number of nitrogens with zero attached hydrogens (tertiary/aromatic N) is 1. The first-order valence-corrected chi connectivity index (χ1v) is 6.58. The standard InChI is InChI=1S/C14H21N3O/c1-9-4-3-5-11(9)7-17-14(18)12-8-16-10(2)6-13(12)15/h6,8-9,11H,3-5,7H2,1-2H3,(H2,15,16)(H,17,18). The molecule has 0 spiro atoms. The molecule has 1 fully saturated rings. The summed E-state index contributed by atoms with van der Waals surface area (Å²) in [7, 11) is 0. The van der Waals surface area contributed by atoms with Crippen LogP contribution in [0.5, 0.6) is 0 Å². The third kappa shape index (κ3) is 2.81. The van der Waals surface area contributed by atoms with Crippen LogP contribution in [0.2, 0.25) is 0 Å². The number of nitrogens with two attached hydrogens (primary N) is 1. The van der Waals surface area contributed by atoms with E-state index in [-0.39, 0.29) is 5.91 Å². The summed E-state index contributed by atoms with van der Waals surface area (Å²) in [6, 6.07) is 1.73. The number of rotatable bonds is 3. The van der Waals surface area contributed by atoms with Crippen LogP contribution in [0.1, 0.15) is 42.2 Å². The highest BCUT2D eigenvalue weighted by Gasteiger charge is 2.23. The summed E-state index contributed by atoms with van der Waals surface area (Å²) in [6.07, 6.45) is 5.31. The maximum atomic E-state index is 12.0. The minimum absolute atomic E-state index is 0.112. The fourth-order valence-electron chi connectivity index (χ4n) is 2.62. The number of carbonyl (C=O) groups excluding carboxylic acids is 1. The van der Waals surface area contributed by atoms with Crippen molar-refractivity contribution in [3.8, 4) is 0 Å². The van der Waals surface area contributed by atoms with Crippen molar-refractivity contribution < 1.29 is 4.79 Å². The smallest absolute Gasteiger partial charge is 0.254 e. The molecule has 98 valence electrons. The van der Waals surface area contributed by atoms with E-state index in [9.17, 15) is 4.79 Å². The summed E-state index contributed by atoms with van der Waals surface area (Å²) >= 11 is 0. The van der Waals surface area contributed by atoms with Crippen molar-refractivity contribution in [2.75, 3.05) is 12.3 Å². The van der Waals surface area contributed by atoms with Gasteiger partial charge in [0.05, 0.1) is 5.56 Å². The second-order valence-electron chi connectivity index (χ2n) is 5.29. The molecule has 4 heteroatoms. The quantitative estimate of drug-likeness (QED) is 0.859. The first-order valence-electron chi connectivity index (χ1n) is 6.58. The lowest BCUT2D eigenvalue weighted by Crippen LogP contribution is -2.30. The molecule has 0 saturated heterocycles. The predicted octanol–water partition coefficient (Wildman–Crippen LogP) is 2.14. The molecule has 1 saturated carbocycles. The number of pyridine rings is 1. The van der Waals surface area contributed by atoms with E-state index in [1.807, 2.05) is 6.92 Å². The molecule has 2 unspecified atom stereocenters. The van der Waals surface area contributed by atoms with E-state index in [4.69, 9.17) is 5.73 Å². The normalized spacial score (nSPS) is 23.0. The summed E-state index contributed by atoms with van der Waals surface area (Å²) in [5.74, 6) is 1.20.